The quantitative estimate of drug-likeness (QED) is 0.717. The van der Waals surface area contributed by atoms with Gasteiger partial charge in [0.2, 0.25) is 0 Å². The zero-order chi connectivity index (χ0) is 16.7. The minimum Gasteiger partial charge on any atom is -0.481 e. The fourth-order valence-corrected chi connectivity index (χ4v) is 2.72. The van der Waals surface area contributed by atoms with E-state index >= 15 is 0 Å². The van der Waals surface area contributed by atoms with E-state index < -0.39 is 45.5 Å². The van der Waals surface area contributed by atoms with Gasteiger partial charge in [0.05, 0.1) is 6.42 Å². The number of hydrogen-bond donors (Lipinski definition) is 1. The highest BCUT2D eigenvalue weighted by Gasteiger charge is 2.68. The van der Waals surface area contributed by atoms with Gasteiger partial charge in [-0.05, 0) is 0 Å². The lowest BCUT2D eigenvalue weighted by Crippen LogP contribution is -2.06. The number of halogens is 5. The number of aliphatic carboxylic acids is 1. The zero-order valence-corrected chi connectivity index (χ0v) is 11.8. The summed E-state index contributed by atoms with van der Waals surface area (Å²) in [5.41, 5.74) is -0.160. The average Bonchev–Trinajstić information content (AvgIpc) is 2.81. The molecule has 2 aromatic rings. The molecule has 0 amide bonds. The molecule has 1 aromatic heterocycles. The third-order valence-corrected chi connectivity index (χ3v) is 3.92. The van der Waals surface area contributed by atoms with Gasteiger partial charge >= 0.3 is 16.2 Å². The summed E-state index contributed by atoms with van der Waals surface area (Å²) in [6.07, 6.45) is -0.940. The molecule has 0 radical (unpaired) electrons. The summed E-state index contributed by atoms with van der Waals surface area (Å²) in [5, 5.41) is 8.52. The maximum atomic E-state index is 13.1. The van der Waals surface area contributed by atoms with E-state index in [0.29, 0.717) is 0 Å². The van der Waals surface area contributed by atoms with Crippen LogP contribution in [0.4, 0.5) is 19.4 Å². The van der Waals surface area contributed by atoms with Gasteiger partial charge in [-0.25, -0.2) is 0 Å². The Morgan fingerprint density at radius 3 is 2.18 bits per heavy atom. The lowest BCUT2D eigenvalue weighted by Gasteiger charge is -2.39. The van der Waals surface area contributed by atoms with Crippen LogP contribution in [0.5, 0.6) is 0 Å². The number of carboxylic acid groups (broad SMARTS) is 1. The highest BCUT2D eigenvalue weighted by Crippen LogP contribution is 3.03. The molecule has 22 heavy (non-hydrogen) atoms. The molecule has 1 N–H and O–H groups in total. The average molecular weight is 342 g/mol. The molecule has 0 saturated heterocycles. The van der Waals surface area contributed by atoms with Gasteiger partial charge in [-0.2, -0.15) is 0 Å². The summed E-state index contributed by atoms with van der Waals surface area (Å²) in [6.45, 7) is 0. The van der Waals surface area contributed by atoms with E-state index in [-0.39, 0.29) is 11.6 Å². The second-order valence-corrected chi connectivity index (χ2v) is 7.01. The molecule has 0 spiro atoms. The Kier molecular flexibility index (Phi) is 3.33. The molecule has 0 saturated carbocycles. The standard InChI is InChI=1S/C13H11F5O3S/c14-22(15,16,17,18)11-8-10(6-7-12(19)20)21-13(11)9-4-2-1-3-5-9/h1-5,8H,6-7H2,(H,19,20). The molecule has 122 valence electrons. The zero-order valence-electron chi connectivity index (χ0n) is 10.9. The highest BCUT2D eigenvalue weighted by molar-refractivity contribution is 8.45. The first-order chi connectivity index (χ1) is 9.86. The second-order valence-electron chi connectivity index (χ2n) is 4.63. The molecular formula is C13H11F5O3S. The summed E-state index contributed by atoms with van der Waals surface area (Å²) in [6, 6.07) is 6.86. The minimum atomic E-state index is -9.96. The van der Waals surface area contributed by atoms with E-state index in [9.17, 15) is 24.2 Å². The van der Waals surface area contributed by atoms with E-state index in [4.69, 9.17) is 9.52 Å². The predicted molar refractivity (Wildman–Crippen MR) is 71.5 cm³/mol. The first kappa shape index (κ1) is 16.3. The Bertz CT molecular complexity index is 707. The van der Waals surface area contributed by atoms with Crippen molar-refractivity contribution < 1.29 is 33.7 Å². The van der Waals surface area contributed by atoms with Gasteiger partial charge in [-0.3, -0.25) is 4.79 Å². The van der Waals surface area contributed by atoms with Crippen LogP contribution in [0.15, 0.2) is 45.7 Å². The summed E-state index contributed by atoms with van der Waals surface area (Å²) in [4.78, 5) is 8.32. The fraction of sp³-hybridized carbons (Fsp3) is 0.154. The van der Waals surface area contributed by atoms with Crippen molar-refractivity contribution in [1.29, 1.82) is 0 Å². The number of benzene rings is 1. The van der Waals surface area contributed by atoms with Gasteiger partial charge in [0, 0.05) is 18.1 Å². The van der Waals surface area contributed by atoms with E-state index in [1.807, 2.05) is 0 Å². The Morgan fingerprint density at radius 2 is 1.68 bits per heavy atom. The molecule has 0 aliphatic rings. The van der Waals surface area contributed by atoms with Crippen LogP contribution < -0.4 is 0 Å². The van der Waals surface area contributed by atoms with Crippen molar-refractivity contribution in [2.75, 3.05) is 0 Å². The molecule has 0 bridgehead atoms. The van der Waals surface area contributed by atoms with Crippen LogP contribution >= 0.6 is 10.2 Å². The predicted octanol–water partition coefficient (Wildman–Crippen LogP) is 5.62. The van der Waals surface area contributed by atoms with Crippen molar-refractivity contribution in [3.63, 3.8) is 0 Å². The number of carboxylic acids is 1. The number of furan rings is 1. The Labute approximate surface area is 122 Å². The lowest BCUT2D eigenvalue weighted by atomic mass is 10.2. The third kappa shape index (κ3) is 3.79. The molecule has 2 rings (SSSR count). The number of aryl methyl sites for hydroxylation is 1. The normalized spacial score (nSPS) is 15.1. The van der Waals surface area contributed by atoms with Gasteiger partial charge in [0.25, 0.3) is 0 Å². The Balaban J connectivity index is 2.59. The summed E-state index contributed by atoms with van der Waals surface area (Å²) >= 11 is 0. The maximum Gasteiger partial charge on any atom is 0.314 e. The molecular weight excluding hydrogens is 331 g/mol. The molecule has 0 aliphatic carbocycles. The highest BCUT2D eigenvalue weighted by atomic mass is 32.5. The SMILES string of the molecule is O=C(O)CCc1cc(S(F)(F)(F)(F)F)c(-c2ccccc2)o1. The van der Waals surface area contributed by atoms with Crippen LogP contribution in [0.1, 0.15) is 12.2 Å². The van der Waals surface area contributed by atoms with Crippen molar-refractivity contribution in [2.45, 2.75) is 17.7 Å². The van der Waals surface area contributed by atoms with Crippen LogP contribution in [-0.4, -0.2) is 11.1 Å². The van der Waals surface area contributed by atoms with E-state index in [1.54, 1.807) is 0 Å². The van der Waals surface area contributed by atoms with Gasteiger partial charge < -0.3 is 9.52 Å². The molecule has 1 heterocycles. The molecule has 0 unspecified atom stereocenters. The number of rotatable bonds is 5. The topological polar surface area (TPSA) is 50.4 Å². The molecule has 0 aliphatic heterocycles. The van der Waals surface area contributed by atoms with Crippen LogP contribution in [0.2, 0.25) is 0 Å². The molecule has 1 aromatic carbocycles. The van der Waals surface area contributed by atoms with Gasteiger partial charge in [-0.1, -0.05) is 49.8 Å². The summed E-state index contributed by atoms with van der Waals surface area (Å²) in [5.74, 6) is -2.73. The molecule has 3 nitrogen and oxygen atoms in total. The fourth-order valence-electron chi connectivity index (χ4n) is 1.85. The van der Waals surface area contributed by atoms with Crippen LogP contribution in [-0.2, 0) is 11.2 Å². The first-order valence-electron chi connectivity index (χ1n) is 6.01. The van der Waals surface area contributed by atoms with Crippen molar-refractivity contribution in [3.05, 3.63) is 42.2 Å². The summed E-state index contributed by atoms with van der Waals surface area (Å²) < 4.78 is 70.5. The molecule has 0 fully saturated rings. The largest absolute Gasteiger partial charge is 0.481 e. The van der Waals surface area contributed by atoms with Gasteiger partial charge in [-0.15, -0.1) is 0 Å². The van der Waals surface area contributed by atoms with Gasteiger partial charge in [0.1, 0.15) is 5.76 Å². The van der Waals surface area contributed by atoms with E-state index in [1.165, 1.54) is 30.3 Å². The Morgan fingerprint density at radius 1 is 1.09 bits per heavy atom. The lowest BCUT2D eigenvalue weighted by molar-refractivity contribution is -0.137. The van der Waals surface area contributed by atoms with Gasteiger partial charge in [0.15, 0.2) is 10.7 Å². The smallest absolute Gasteiger partial charge is 0.314 e. The number of hydrogen-bond acceptors (Lipinski definition) is 2. The minimum absolute atomic E-state index is 0.160. The number of carbonyl (C=O) groups is 1. The van der Waals surface area contributed by atoms with Crippen LogP contribution in [0.3, 0.4) is 0 Å². The van der Waals surface area contributed by atoms with Crippen molar-refractivity contribution in [1.82, 2.24) is 0 Å². The second kappa shape index (κ2) is 4.48. The first-order valence-corrected chi connectivity index (χ1v) is 7.96. The maximum absolute atomic E-state index is 13.1. The Hall–Kier alpha value is -2.03. The van der Waals surface area contributed by atoms with Crippen molar-refractivity contribution in [2.24, 2.45) is 0 Å². The van der Waals surface area contributed by atoms with Crippen molar-refractivity contribution >= 4 is 16.2 Å². The monoisotopic (exact) mass is 342 g/mol. The van der Waals surface area contributed by atoms with E-state index in [0.717, 1.165) is 0 Å². The van der Waals surface area contributed by atoms with Crippen molar-refractivity contribution in [3.8, 4) is 11.3 Å². The summed E-state index contributed by atoms with van der Waals surface area (Å²) in [7, 11) is -9.96. The third-order valence-electron chi connectivity index (χ3n) is 2.79. The molecule has 9 heteroatoms. The molecule has 0 atom stereocenters. The van der Waals surface area contributed by atoms with Crippen LogP contribution in [0.25, 0.3) is 11.3 Å². The van der Waals surface area contributed by atoms with Crippen LogP contribution in [0, 0.1) is 0 Å². The van der Waals surface area contributed by atoms with E-state index in [2.05, 4.69) is 0 Å².